The van der Waals surface area contributed by atoms with E-state index >= 15 is 0 Å². The van der Waals surface area contributed by atoms with Crippen LogP contribution in [0.25, 0.3) is 0 Å². The van der Waals surface area contributed by atoms with Gasteiger partial charge < -0.3 is 5.11 Å². The van der Waals surface area contributed by atoms with E-state index in [1.165, 1.54) is 31.2 Å². The molecule has 2 aromatic carbocycles. The molecule has 0 saturated heterocycles. The monoisotopic (exact) mass is 427 g/mol. The molecule has 0 saturated carbocycles. The third kappa shape index (κ3) is 3.68. The minimum Gasteiger partial charge on any atom is -0.369 e. The fraction of sp³-hybridized carbons (Fsp3) is 0.294. The van der Waals surface area contributed by atoms with Crippen LogP contribution in [0, 0.1) is 0 Å². The maximum Gasteiger partial charge on any atom is 0.430 e. The summed E-state index contributed by atoms with van der Waals surface area (Å²) in [7, 11) is -4.25. The largest absolute Gasteiger partial charge is 0.430 e. The lowest BCUT2D eigenvalue weighted by molar-refractivity contribution is -0.376. The van der Waals surface area contributed by atoms with Gasteiger partial charge in [-0.15, -0.1) is 0 Å². The summed E-state index contributed by atoms with van der Waals surface area (Å²) in [5, 5.41) is 9.54. The minimum absolute atomic E-state index is 0.191. The van der Waals surface area contributed by atoms with Gasteiger partial charge in [0.2, 0.25) is 0 Å². The Morgan fingerprint density at radius 2 is 1.43 bits per heavy atom. The van der Waals surface area contributed by atoms with Crippen molar-refractivity contribution < 1.29 is 39.9 Å². The second-order valence-corrected chi connectivity index (χ2v) is 7.60. The lowest BCUT2D eigenvalue weighted by atomic mass is 9.92. The second-order valence-electron chi connectivity index (χ2n) is 5.74. The first-order valence-electron chi connectivity index (χ1n) is 7.81. The van der Waals surface area contributed by atoms with E-state index in [1.807, 2.05) is 0 Å². The van der Waals surface area contributed by atoms with Gasteiger partial charge in [-0.1, -0.05) is 30.3 Å². The topological polar surface area (TPSA) is 57.6 Å². The van der Waals surface area contributed by atoms with E-state index in [0.29, 0.717) is 16.4 Å². The molecule has 0 atom stereocenters. The molecule has 0 aliphatic carbocycles. The van der Waals surface area contributed by atoms with Crippen LogP contribution in [0.1, 0.15) is 12.5 Å². The molecular formula is C17H15F6NO3S. The first kappa shape index (κ1) is 22.0. The fourth-order valence-corrected chi connectivity index (χ4v) is 4.07. The summed E-state index contributed by atoms with van der Waals surface area (Å²) in [6, 6.07) is 9.53. The predicted octanol–water partition coefficient (Wildman–Crippen LogP) is 4.21. The number of nitrogens with zero attached hydrogens (tertiary/aromatic N) is 1. The number of benzene rings is 2. The van der Waals surface area contributed by atoms with Gasteiger partial charge in [-0.2, -0.15) is 26.3 Å². The van der Waals surface area contributed by atoms with Crippen LogP contribution in [0.4, 0.5) is 32.0 Å². The van der Waals surface area contributed by atoms with Crippen molar-refractivity contribution in [3.05, 3.63) is 60.2 Å². The number of hydrogen-bond donors (Lipinski definition) is 1. The summed E-state index contributed by atoms with van der Waals surface area (Å²) >= 11 is 0. The van der Waals surface area contributed by atoms with Crippen molar-refractivity contribution in [2.45, 2.75) is 29.8 Å². The maximum absolute atomic E-state index is 13.1. The number of anilines is 1. The number of alkyl halides is 6. The van der Waals surface area contributed by atoms with Crippen LogP contribution < -0.4 is 4.31 Å². The maximum atomic E-state index is 13.1. The molecule has 4 nitrogen and oxygen atoms in total. The molecule has 0 amide bonds. The second kappa shape index (κ2) is 7.28. The molecule has 0 spiro atoms. The van der Waals surface area contributed by atoms with Crippen LogP contribution in [-0.2, 0) is 15.6 Å². The normalized spacial score (nSPS) is 13.4. The van der Waals surface area contributed by atoms with E-state index in [2.05, 4.69) is 0 Å². The van der Waals surface area contributed by atoms with Crippen LogP contribution in [-0.4, -0.2) is 32.4 Å². The van der Waals surface area contributed by atoms with Crippen molar-refractivity contribution in [3.8, 4) is 0 Å². The van der Waals surface area contributed by atoms with E-state index in [9.17, 15) is 39.9 Å². The fourth-order valence-electron chi connectivity index (χ4n) is 2.59. The molecule has 1 N–H and O–H groups in total. The average molecular weight is 427 g/mol. The first-order chi connectivity index (χ1) is 12.8. The molecule has 0 aromatic heterocycles. The van der Waals surface area contributed by atoms with Crippen molar-refractivity contribution in [1.82, 2.24) is 0 Å². The van der Waals surface area contributed by atoms with E-state index in [1.54, 1.807) is 6.07 Å². The van der Waals surface area contributed by atoms with Gasteiger partial charge in [0, 0.05) is 12.1 Å². The highest BCUT2D eigenvalue weighted by Crippen LogP contribution is 2.50. The lowest BCUT2D eigenvalue weighted by Gasteiger charge is -2.33. The van der Waals surface area contributed by atoms with Crippen molar-refractivity contribution in [1.29, 1.82) is 0 Å². The zero-order valence-corrected chi connectivity index (χ0v) is 15.1. The first-order valence-corrected chi connectivity index (χ1v) is 9.25. The van der Waals surface area contributed by atoms with Crippen LogP contribution in [0.2, 0.25) is 0 Å². The standard InChI is InChI=1S/C17H15F6NO3S/c1-2-24(28(26,27)14-9-4-3-5-10-14)13-8-6-7-12(11-13)15(25,16(18,19)20)17(21,22)23/h3-11,25H,2H2,1H3. The molecule has 2 aromatic rings. The van der Waals surface area contributed by atoms with Crippen LogP contribution in [0.5, 0.6) is 0 Å². The smallest absolute Gasteiger partial charge is 0.369 e. The Morgan fingerprint density at radius 3 is 1.89 bits per heavy atom. The summed E-state index contributed by atoms with van der Waals surface area (Å²) in [4.78, 5) is -0.191. The highest BCUT2D eigenvalue weighted by Gasteiger charge is 2.71. The Morgan fingerprint density at radius 1 is 0.893 bits per heavy atom. The van der Waals surface area contributed by atoms with E-state index in [0.717, 1.165) is 12.1 Å². The van der Waals surface area contributed by atoms with Gasteiger partial charge in [-0.25, -0.2) is 8.42 Å². The summed E-state index contributed by atoms with van der Waals surface area (Å²) in [6.45, 7) is 1.10. The summed E-state index contributed by atoms with van der Waals surface area (Å²) in [5.41, 5.74) is -7.13. The van der Waals surface area contributed by atoms with Crippen molar-refractivity contribution in [3.63, 3.8) is 0 Å². The summed E-state index contributed by atoms with van der Waals surface area (Å²) < 4.78 is 105. The molecule has 11 heteroatoms. The molecule has 154 valence electrons. The average Bonchev–Trinajstić information content (AvgIpc) is 2.60. The molecule has 0 heterocycles. The quantitative estimate of drug-likeness (QED) is 0.728. The number of halogens is 6. The van der Waals surface area contributed by atoms with Gasteiger partial charge in [0.05, 0.1) is 10.6 Å². The van der Waals surface area contributed by atoms with Crippen LogP contribution in [0.3, 0.4) is 0 Å². The molecule has 0 fully saturated rings. The van der Waals surface area contributed by atoms with Crippen LogP contribution >= 0.6 is 0 Å². The Labute approximate surface area is 157 Å². The van der Waals surface area contributed by atoms with Gasteiger partial charge in [0.25, 0.3) is 15.6 Å². The van der Waals surface area contributed by atoms with E-state index in [-0.39, 0.29) is 11.4 Å². The summed E-state index contributed by atoms with van der Waals surface area (Å²) in [6.07, 6.45) is -12.1. The Balaban J connectivity index is 2.63. The minimum atomic E-state index is -6.07. The molecular weight excluding hydrogens is 412 g/mol. The van der Waals surface area contributed by atoms with Crippen molar-refractivity contribution >= 4 is 15.7 Å². The number of hydrogen-bond acceptors (Lipinski definition) is 3. The Hall–Kier alpha value is -2.27. The van der Waals surface area contributed by atoms with Crippen molar-refractivity contribution in [2.75, 3.05) is 10.8 Å². The van der Waals surface area contributed by atoms with Gasteiger partial charge >= 0.3 is 12.4 Å². The van der Waals surface area contributed by atoms with Gasteiger partial charge in [0.1, 0.15) is 0 Å². The van der Waals surface area contributed by atoms with Crippen LogP contribution in [0.15, 0.2) is 59.5 Å². The SMILES string of the molecule is CCN(c1cccc(C(O)(C(F)(F)F)C(F)(F)F)c1)S(=O)(=O)c1ccccc1. The molecule has 0 aliphatic rings. The predicted molar refractivity (Wildman–Crippen MR) is 89.1 cm³/mol. The van der Waals surface area contributed by atoms with E-state index < -0.39 is 39.2 Å². The molecule has 0 unspecified atom stereocenters. The van der Waals surface area contributed by atoms with Gasteiger partial charge in [0.15, 0.2) is 0 Å². The zero-order chi connectivity index (χ0) is 21.4. The number of sulfonamides is 1. The zero-order valence-electron chi connectivity index (χ0n) is 14.3. The molecule has 0 bridgehead atoms. The highest BCUT2D eigenvalue weighted by molar-refractivity contribution is 7.92. The third-order valence-electron chi connectivity index (χ3n) is 3.99. The highest BCUT2D eigenvalue weighted by atomic mass is 32.2. The van der Waals surface area contributed by atoms with Gasteiger partial charge in [-0.05, 0) is 31.2 Å². The molecule has 28 heavy (non-hydrogen) atoms. The lowest BCUT2D eigenvalue weighted by Crippen LogP contribution is -2.54. The Kier molecular flexibility index (Phi) is 5.73. The molecule has 0 aliphatic heterocycles. The third-order valence-corrected chi connectivity index (χ3v) is 5.91. The summed E-state index contributed by atoms with van der Waals surface area (Å²) in [5.74, 6) is 0. The van der Waals surface area contributed by atoms with Gasteiger partial charge in [-0.3, -0.25) is 4.31 Å². The molecule has 0 radical (unpaired) electrons. The molecule has 2 rings (SSSR count). The van der Waals surface area contributed by atoms with Crippen molar-refractivity contribution in [2.24, 2.45) is 0 Å². The Bertz CT molecular complexity index is 912. The van der Waals surface area contributed by atoms with E-state index in [4.69, 9.17) is 0 Å². The number of aliphatic hydroxyl groups is 1. The number of rotatable bonds is 5.